The molecule has 0 aliphatic carbocycles. The number of carboxylic acids is 1. The summed E-state index contributed by atoms with van der Waals surface area (Å²) in [5.74, 6) is -4.45. The van der Waals surface area contributed by atoms with E-state index in [2.05, 4.69) is 17.6 Å². The molecule has 2 unspecified atom stereocenters. The fourth-order valence-electron chi connectivity index (χ4n) is 4.29. The number of aliphatic hydroxyl groups is 1. The highest BCUT2D eigenvalue weighted by atomic mass is 127. The summed E-state index contributed by atoms with van der Waals surface area (Å²) in [4.78, 5) is 23.4. The van der Waals surface area contributed by atoms with E-state index in [9.17, 15) is 23.1 Å². The van der Waals surface area contributed by atoms with Gasteiger partial charge >= 0.3 is 0 Å². The lowest BCUT2D eigenvalue weighted by atomic mass is 9.80. The third-order valence-corrected chi connectivity index (χ3v) is 6.67. The molecule has 2 aromatic rings. The average Bonchev–Trinajstić information content (AvgIpc) is 2.75. The highest BCUT2D eigenvalue weighted by molar-refractivity contribution is 14.1. The number of anilines is 2. The summed E-state index contributed by atoms with van der Waals surface area (Å²) in [5, 5.41) is 24.3. The van der Waals surface area contributed by atoms with Crippen molar-refractivity contribution < 1.29 is 33.0 Å². The molecule has 0 saturated carbocycles. The van der Waals surface area contributed by atoms with E-state index < -0.39 is 40.6 Å². The average molecular weight is 605 g/mol. The van der Waals surface area contributed by atoms with Crippen LogP contribution in [0.2, 0.25) is 0 Å². The number of amides is 1. The van der Waals surface area contributed by atoms with E-state index in [-0.39, 0.29) is 30.4 Å². The molecule has 2 fully saturated rings. The number of piperidine rings is 1. The summed E-state index contributed by atoms with van der Waals surface area (Å²) in [6, 6.07) is 6.46. The van der Waals surface area contributed by atoms with Crippen LogP contribution in [0.3, 0.4) is 0 Å². The number of nitrogens with one attached hydrogen (secondary N) is 2. The molecular formula is C24H27F3IN3O4. The predicted octanol–water partition coefficient (Wildman–Crippen LogP) is 4.26. The van der Waals surface area contributed by atoms with Gasteiger partial charge in [0.1, 0.15) is 11.4 Å². The van der Waals surface area contributed by atoms with Crippen molar-refractivity contribution >= 4 is 45.8 Å². The number of hydrogen-bond donors (Lipinski definition) is 4. The van der Waals surface area contributed by atoms with Gasteiger partial charge in [0.25, 0.3) is 11.9 Å². The summed E-state index contributed by atoms with van der Waals surface area (Å²) in [6.45, 7) is 3.32. The number of rotatable bonds is 4. The number of hydrogen-bond acceptors (Lipinski definition) is 5. The zero-order valence-corrected chi connectivity index (χ0v) is 21.4. The summed E-state index contributed by atoms with van der Waals surface area (Å²) in [5.41, 5.74) is -1.67. The molecule has 2 atom stereocenters. The summed E-state index contributed by atoms with van der Waals surface area (Å²) < 4.78 is 43.4. The predicted molar refractivity (Wildman–Crippen MR) is 133 cm³/mol. The Morgan fingerprint density at radius 2 is 1.80 bits per heavy atom. The van der Waals surface area contributed by atoms with Gasteiger partial charge in [-0.1, -0.05) is 6.42 Å². The number of likely N-dealkylation sites (tertiary alicyclic amines) is 1. The lowest BCUT2D eigenvalue weighted by Crippen LogP contribution is -2.72. The standard InChI is InChI=1S/C22H23F3IN3O2.C2H4O2/c1-12-3-2-4-18(27-12)22(31)10-29(11-22)21(30)14-6-7-15(23)19(25)20(14)28-17-8-5-13(26)9-16(17)24;1-2(3)4/h5-9,12,18,27-28,31H,2-4,10-11H2,1H3;1H3,(H,3,4). The first kappa shape index (κ1) is 27.2. The van der Waals surface area contributed by atoms with Crippen molar-refractivity contribution in [3.8, 4) is 0 Å². The second-order valence-corrected chi connectivity index (χ2v) is 10.1. The number of carbonyl (C=O) groups is 2. The van der Waals surface area contributed by atoms with E-state index >= 15 is 0 Å². The first-order valence-electron chi connectivity index (χ1n) is 11.1. The molecule has 0 bridgehead atoms. The lowest BCUT2D eigenvalue weighted by molar-refractivity contribution is -0.134. The molecular weight excluding hydrogens is 578 g/mol. The largest absolute Gasteiger partial charge is 0.481 e. The summed E-state index contributed by atoms with van der Waals surface area (Å²) >= 11 is 1.93. The van der Waals surface area contributed by atoms with E-state index in [0.29, 0.717) is 9.61 Å². The van der Waals surface area contributed by atoms with E-state index in [1.165, 1.54) is 23.1 Å². The van der Waals surface area contributed by atoms with Gasteiger partial charge in [-0.15, -0.1) is 0 Å². The third kappa shape index (κ3) is 6.44. The SMILES string of the molecule is CC(=O)O.CC1CCCC(C2(O)CN(C(=O)c3ccc(F)c(F)c3Nc3ccc(I)cc3F)C2)N1. The molecule has 2 aliphatic heterocycles. The van der Waals surface area contributed by atoms with Gasteiger partial charge in [0.2, 0.25) is 0 Å². The second-order valence-electron chi connectivity index (χ2n) is 8.87. The second kappa shape index (κ2) is 11.1. The van der Waals surface area contributed by atoms with Crippen LogP contribution in [-0.2, 0) is 4.79 Å². The van der Waals surface area contributed by atoms with E-state index in [1.807, 2.05) is 22.6 Å². The zero-order chi connectivity index (χ0) is 25.9. The highest BCUT2D eigenvalue weighted by Crippen LogP contribution is 2.34. The molecule has 4 N–H and O–H groups in total. The van der Waals surface area contributed by atoms with Gasteiger partial charge in [0.05, 0.1) is 30.0 Å². The quantitative estimate of drug-likeness (QED) is 0.389. The molecule has 35 heavy (non-hydrogen) atoms. The fraction of sp³-hybridized carbons (Fsp3) is 0.417. The Labute approximate surface area is 214 Å². The first-order chi connectivity index (χ1) is 16.4. The maximum absolute atomic E-state index is 14.6. The van der Waals surface area contributed by atoms with Crippen molar-refractivity contribution in [1.29, 1.82) is 0 Å². The maximum atomic E-state index is 14.6. The Morgan fingerprint density at radius 1 is 1.14 bits per heavy atom. The van der Waals surface area contributed by atoms with Gasteiger partial charge in [-0.2, -0.15) is 0 Å². The van der Waals surface area contributed by atoms with E-state index in [1.54, 1.807) is 6.07 Å². The summed E-state index contributed by atoms with van der Waals surface area (Å²) in [7, 11) is 0. The smallest absolute Gasteiger partial charge is 0.300 e. The molecule has 2 saturated heterocycles. The molecule has 0 spiro atoms. The number of benzene rings is 2. The Balaban J connectivity index is 0.000000795. The molecule has 11 heteroatoms. The van der Waals surface area contributed by atoms with Crippen LogP contribution in [0.25, 0.3) is 0 Å². The number of carboxylic acid groups (broad SMARTS) is 1. The molecule has 2 heterocycles. The molecule has 190 valence electrons. The number of carbonyl (C=O) groups excluding carboxylic acids is 1. The van der Waals surface area contributed by atoms with Crippen molar-refractivity contribution in [2.45, 2.75) is 50.8 Å². The molecule has 4 rings (SSSR count). The zero-order valence-electron chi connectivity index (χ0n) is 19.2. The number of aliphatic carboxylic acids is 1. The van der Waals surface area contributed by atoms with Crippen molar-refractivity contribution in [3.05, 3.63) is 56.9 Å². The van der Waals surface area contributed by atoms with Crippen LogP contribution in [0, 0.1) is 21.0 Å². The normalized spacial score (nSPS) is 20.8. The molecule has 1 amide bonds. The monoisotopic (exact) mass is 605 g/mol. The summed E-state index contributed by atoms with van der Waals surface area (Å²) in [6.07, 6.45) is 2.84. The molecule has 2 aromatic carbocycles. The van der Waals surface area contributed by atoms with Crippen LogP contribution >= 0.6 is 22.6 Å². The van der Waals surface area contributed by atoms with Crippen molar-refractivity contribution in [3.63, 3.8) is 0 Å². The van der Waals surface area contributed by atoms with Crippen LogP contribution in [0.15, 0.2) is 30.3 Å². The van der Waals surface area contributed by atoms with Gasteiger partial charge in [0, 0.05) is 22.6 Å². The van der Waals surface area contributed by atoms with Crippen molar-refractivity contribution in [2.24, 2.45) is 0 Å². The number of nitrogens with zero attached hydrogens (tertiary/aromatic N) is 1. The van der Waals surface area contributed by atoms with Crippen LogP contribution in [0.1, 0.15) is 43.5 Å². The van der Waals surface area contributed by atoms with Gasteiger partial charge in [-0.05, 0) is 72.7 Å². The molecule has 0 radical (unpaired) electrons. The lowest BCUT2D eigenvalue weighted by Gasteiger charge is -2.52. The van der Waals surface area contributed by atoms with Crippen LogP contribution in [0.4, 0.5) is 24.5 Å². The van der Waals surface area contributed by atoms with Gasteiger partial charge in [0.15, 0.2) is 11.6 Å². The minimum atomic E-state index is -1.26. The van der Waals surface area contributed by atoms with E-state index in [4.69, 9.17) is 9.90 Å². The van der Waals surface area contributed by atoms with Crippen LogP contribution in [0.5, 0.6) is 0 Å². The first-order valence-corrected chi connectivity index (χ1v) is 12.2. The third-order valence-electron chi connectivity index (χ3n) is 6.00. The highest BCUT2D eigenvalue weighted by Gasteiger charge is 2.50. The van der Waals surface area contributed by atoms with Crippen molar-refractivity contribution in [2.75, 3.05) is 18.4 Å². The van der Waals surface area contributed by atoms with Crippen LogP contribution in [-0.4, -0.2) is 57.8 Å². The number of halogens is 4. The Morgan fingerprint density at radius 3 is 2.40 bits per heavy atom. The van der Waals surface area contributed by atoms with Gasteiger partial charge in [-0.3, -0.25) is 9.59 Å². The Hall–Kier alpha value is -2.38. The minimum absolute atomic E-state index is 0.0699. The molecule has 7 nitrogen and oxygen atoms in total. The topological polar surface area (TPSA) is 102 Å². The van der Waals surface area contributed by atoms with Crippen molar-refractivity contribution in [1.82, 2.24) is 10.2 Å². The molecule has 0 aromatic heterocycles. The Bertz CT molecular complexity index is 1110. The maximum Gasteiger partial charge on any atom is 0.300 e. The van der Waals surface area contributed by atoms with E-state index in [0.717, 1.165) is 32.3 Å². The minimum Gasteiger partial charge on any atom is -0.481 e. The fourth-order valence-corrected chi connectivity index (χ4v) is 4.74. The van der Waals surface area contributed by atoms with Gasteiger partial charge in [-0.25, -0.2) is 13.2 Å². The number of β-amino-alcohol motifs (C(OH)–C–C–N with tert-alkyl or cyclic N) is 1. The Kier molecular flexibility index (Phi) is 8.65. The van der Waals surface area contributed by atoms with Gasteiger partial charge < -0.3 is 25.7 Å². The molecule has 2 aliphatic rings. The van der Waals surface area contributed by atoms with Crippen LogP contribution < -0.4 is 10.6 Å².